The molecule has 3 nitrogen and oxygen atoms in total. The van der Waals surface area contributed by atoms with E-state index in [1.54, 1.807) is 0 Å². The fourth-order valence-corrected chi connectivity index (χ4v) is 4.95. The summed E-state index contributed by atoms with van der Waals surface area (Å²) in [6.07, 6.45) is 5.98. The number of nitrogens with zero attached hydrogens (tertiary/aromatic N) is 2. The highest BCUT2D eigenvalue weighted by Gasteiger charge is 2.42. The van der Waals surface area contributed by atoms with Gasteiger partial charge in [-0.05, 0) is 50.2 Å². The Kier molecular flexibility index (Phi) is 4.00. The molecule has 0 spiro atoms. The van der Waals surface area contributed by atoms with Gasteiger partial charge in [0.05, 0.1) is 12.3 Å². The lowest BCUT2D eigenvalue weighted by Crippen LogP contribution is -2.51. The van der Waals surface area contributed by atoms with E-state index in [0.717, 1.165) is 43.3 Å². The van der Waals surface area contributed by atoms with Crippen LogP contribution in [0.1, 0.15) is 32.6 Å². The third kappa shape index (κ3) is 2.60. The number of hydrogen-bond donors (Lipinski definition) is 0. The lowest BCUT2D eigenvalue weighted by Gasteiger charge is -2.42. The van der Waals surface area contributed by atoms with Crippen molar-refractivity contribution < 1.29 is 4.74 Å². The number of rotatable bonds is 4. The van der Waals surface area contributed by atoms with Crippen molar-refractivity contribution >= 4 is 5.69 Å². The Hall–Kier alpha value is -1.22. The molecule has 22 heavy (non-hydrogen) atoms. The van der Waals surface area contributed by atoms with Crippen molar-refractivity contribution in [2.45, 2.75) is 38.6 Å². The zero-order chi connectivity index (χ0) is 14.9. The molecule has 3 atom stereocenters. The fourth-order valence-electron chi connectivity index (χ4n) is 4.95. The second-order valence-electron chi connectivity index (χ2n) is 7.17. The smallest absolute Gasteiger partial charge is 0.142 e. The summed E-state index contributed by atoms with van der Waals surface area (Å²) >= 11 is 0. The molecule has 3 unspecified atom stereocenters. The first kappa shape index (κ1) is 14.4. The van der Waals surface area contributed by atoms with Gasteiger partial charge >= 0.3 is 0 Å². The summed E-state index contributed by atoms with van der Waals surface area (Å²) < 4.78 is 5.80. The first-order valence-electron chi connectivity index (χ1n) is 9.06. The van der Waals surface area contributed by atoms with E-state index in [1.165, 1.54) is 44.5 Å². The molecule has 3 fully saturated rings. The second kappa shape index (κ2) is 6.11. The van der Waals surface area contributed by atoms with E-state index in [1.807, 2.05) is 0 Å². The van der Waals surface area contributed by atoms with Gasteiger partial charge < -0.3 is 9.64 Å². The lowest BCUT2D eigenvalue weighted by molar-refractivity contribution is 0.134. The molecule has 0 N–H and O–H groups in total. The maximum atomic E-state index is 5.80. The second-order valence-corrected chi connectivity index (χ2v) is 7.17. The Morgan fingerprint density at radius 3 is 2.55 bits per heavy atom. The predicted octanol–water partition coefficient (Wildman–Crippen LogP) is 3.40. The molecule has 1 aromatic carbocycles. The average Bonchev–Trinajstić information content (AvgIpc) is 3.19. The van der Waals surface area contributed by atoms with Crippen LogP contribution in [0.2, 0.25) is 0 Å². The highest BCUT2D eigenvalue weighted by molar-refractivity contribution is 5.58. The van der Waals surface area contributed by atoms with Crippen molar-refractivity contribution in [3.05, 3.63) is 24.3 Å². The van der Waals surface area contributed by atoms with Crippen molar-refractivity contribution in [3.63, 3.8) is 0 Å². The third-order valence-electron chi connectivity index (χ3n) is 5.99. The van der Waals surface area contributed by atoms with Crippen molar-refractivity contribution in [1.29, 1.82) is 0 Å². The number of benzene rings is 1. The van der Waals surface area contributed by atoms with Gasteiger partial charge in [0.1, 0.15) is 5.75 Å². The maximum Gasteiger partial charge on any atom is 0.142 e. The minimum atomic E-state index is 0.738. The van der Waals surface area contributed by atoms with Gasteiger partial charge in [-0.1, -0.05) is 18.6 Å². The summed E-state index contributed by atoms with van der Waals surface area (Å²) in [7, 11) is 0. The molecular weight excluding hydrogens is 272 g/mol. The van der Waals surface area contributed by atoms with E-state index < -0.39 is 0 Å². The van der Waals surface area contributed by atoms with Crippen LogP contribution >= 0.6 is 0 Å². The van der Waals surface area contributed by atoms with E-state index in [9.17, 15) is 0 Å². The summed E-state index contributed by atoms with van der Waals surface area (Å²) in [5, 5.41) is 0. The Morgan fingerprint density at radius 1 is 1.05 bits per heavy atom. The Labute approximate surface area is 134 Å². The van der Waals surface area contributed by atoms with Crippen molar-refractivity contribution in [2.24, 2.45) is 11.8 Å². The molecule has 1 aliphatic heterocycles. The summed E-state index contributed by atoms with van der Waals surface area (Å²) in [4.78, 5) is 5.29. The van der Waals surface area contributed by atoms with E-state index >= 15 is 0 Å². The average molecular weight is 300 g/mol. The van der Waals surface area contributed by atoms with Gasteiger partial charge in [-0.25, -0.2) is 0 Å². The van der Waals surface area contributed by atoms with Crippen LogP contribution in [-0.4, -0.2) is 43.7 Å². The molecule has 1 heterocycles. The van der Waals surface area contributed by atoms with E-state index in [0.29, 0.717) is 0 Å². The van der Waals surface area contributed by atoms with Crippen LogP contribution < -0.4 is 9.64 Å². The van der Waals surface area contributed by atoms with Crippen LogP contribution in [0.4, 0.5) is 5.69 Å². The quantitative estimate of drug-likeness (QED) is 0.847. The number of piperazine rings is 1. The molecule has 120 valence electrons. The summed E-state index contributed by atoms with van der Waals surface area (Å²) in [5.74, 6) is 3.09. The summed E-state index contributed by atoms with van der Waals surface area (Å²) in [6.45, 7) is 7.50. The molecule has 2 bridgehead atoms. The highest BCUT2D eigenvalue weighted by atomic mass is 16.5. The Morgan fingerprint density at radius 2 is 1.86 bits per heavy atom. The zero-order valence-corrected chi connectivity index (χ0v) is 13.7. The summed E-state index contributed by atoms with van der Waals surface area (Å²) in [6, 6.07) is 9.39. The van der Waals surface area contributed by atoms with Gasteiger partial charge in [-0.15, -0.1) is 0 Å². The molecule has 4 rings (SSSR count). The number of hydrogen-bond acceptors (Lipinski definition) is 3. The van der Waals surface area contributed by atoms with E-state index in [-0.39, 0.29) is 0 Å². The molecule has 2 saturated carbocycles. The number of para-hydroxylation sites is 2. The minimum Gasteiger partial charge on any atom is -0.492 e. The maximum absolute atomic E-state index is 5.80. The zero-order valence-electron chi connectivity index (χ0n) is 13.7. The largest absolute Gasteiger partial charge is 0.492 e. The fraction of sp³-hybridized carbons (Fsp3) is 0.684. The van der Waals surface area contributed by atoms with Crippen molar-refractivity contribution in [3.8, 4) is 5.75 Å². The molecule has 1 aromatic rings. The number of ether oxygens (including phenoxy) is 1. The molecule has 3 aliphatic rings. The van der Waals surface area contributed by atoms with Gasteiger partial charge in [-0.3, -0.25) is 4.90 Å². The first-order valence-corrected chi connectivity index (χ1v) is 9.06. The molecular formula is C19H28N2O. The molecule has 0 amide bonds. The normalized spacial score (nSPS) is 31.7. The molecule has 0 radical (unpaired) electrons. The predicted molar refractivity (Wildman–Crippen MR) is 90.6 cm³/mol. The van der Waals surface area contributed by atoms with Gasteiger partial charge in [0.2, 0.25) is 0 Å². The van der Waals surface area contributed by atoms with Gasteiger partial charge in [0.25, 0.3) is 0 Å². The first-order chi connectivity index (χ1) is 10.8. The monoisotopic (exact) mass is 300 g/mol. The van der Waals surface area contributed by atoms with Crippen LogP contribution in [0.3, 0.4) is 0 Å². The van der Waals surface area contributed by atoms with E-state index in [4.69, 9.17) is 4.74 Å². The van der Waals surface area contributed by atoms with Gasteiger partial charge in [-0.2, -0.15) is 0 Å². The minimum absolute atomic E-state index is 0.738. The SMILES string of the molecule is CCOc1ccccc1N1CCN(C2CC3CCC2C3)CC1. The summed E-state index contributed by atoms with van der Waals surface area (Å²) in [5.41, 5.74) is 1.27. The molecule has 3 heteroatoms. The molecule has 1 saturated heterocycles. The third-order valence-corrected chi connectivity index (χ3v) is 5.99. The van der Waals surface area contributed by atoms with Gasteiger partial charge in [0.15, 0.2) is 0 Å². The Bertz CT molecular complexity index is 510. The Balaban J connectivity index is 1.40. The standard InChI is InChI=1S/C19H28N2O/c1-2-22-19-6-4-3-5-17(19)20-9-11-21(12-10-20)18-14-15-7-8-16(18)13-15/h3-6,15-16,18H,2,7-14H2,1H3. The highest BCUT2D eigenvalue weighted by Crippen LogP contribution is 2.46. The van der Waals surface area contributed by atoms with Crippen LogP contribution in [0.15, 0.2) is 24.3 Å². The molecule has 0 aromatic heterocycles. The van der Waals surface area contributed by atoms with E-state index in [2.05, 4.69) is 41.0 Å². The van der Waals surface area contributed by atoms with Crippen molar-refractivity contribution in [1.82, 2.24) is 4.90 Å². The van der Waals surface area contributed by atoms with Gasteiger partial charge in [0, 0.05) is 32.2 Å². The lowest BCUT2D eigenvalue weighted by atomic mass is 9.93. The van der Waals surface area contributed by atoms with Crippen LogP contribution in [0.5, 0.6) is 5.75 Å². The number of anilines is 1. The molecule has 2 aliphatic carbocycles. The number of fused-ring (bicyclic) bond motifs is 2. The van der Waals surface area contributed by atoms with Crippen LogP contribution in [-0.2, 0) is 0 Å². The topological polar surface area (TPSA) is 15.7 Å². The van der Waals surface area contributed by atoms with Crippen molar-refractivity contribution in [2.75, 3.05) is 37.7 Å². The van der Waals surface area contributed by atoms with Crippen LogP contribution in [0.25, 0.3) is 0 Å². The van der Waals surface area contributed by atoms with Crippen LogP contribution in [0, 0.1) is 11.8 Å².